The first-order valence-electron chi connectivity index (χ1n) is 9.23. The number of ketones is 2. The minimum atomic E-state index is -1.62. The number of hydrogen-bond acceptors (Lipinski definition) is 9. The van der Waals surface area contributed by atoms with Crippen LogP contribution >= 0.6 is 0 Å². The number of aliphatic hydroxyl groups excluding tert-OH is 4. The highest BCUT2D eigenvalue weighted by Gasteiger charge is 2.44. The lowest BCUT2D eigenvalue weighted by molar-refractivity contribution is -0.277. The van der Waals surface area contributed by atoms with Crippen LogP contribution < -0.4 is 4.74 Å². The molecule has 1 aliphatic rings. The molecule has 1 heterocycles. The van der Waals surface area contributed by atoms with Crippen LogP contribution in [-0.2, 0) is 4.74 Å². The number of carbonyl (C=O) groups excluding carboxylic acids is 2. The largest absolute Gasteiger partial charge is 0.507 e. The summed E-state index contributed by atoms with van der Waals surface area (Å²) in [5.41, 5.74) is 0.299. The Balaban J connectivity index is 1.69. The summed E-state index contributed by atoms with van der Waals surface area (Å²) in [5, 5.41) is 49.0. The lowest BCUT2D eigenvalue weighted by atomic mass is 9.99. The lowest BCUT2D eigenvalue weighted by Gasteiger charge is -2.39. The van der Waals surface area contributed by atoms with E-state index in [4.69, 9.17) is 9.47 Å². The molecule has 9 nitrogen and oxygen atoms in total. The van der Waals surface area contributed by atoms with Gasteiger partial charge in [-0.25, -0.2) is 0 Å². The molecule has 30 heavy (non-hydrogen) atoms. The summed E-state index contributed by atoms with van der Waals surface area (Å²) in [6, 6.07) is 12.0. The summed E-state index contributed by atoms with van der Waals surface area (Å²) in [6.45, 7) is -0.612. The van der Waals surface area contributed by atoms with Gasteiger partial charge >= 0.3 is 0 Å². The second-order valence-electron chi connectivity index (χ2n) is 6.88. The zero-order chi connectivity index (χ0) is 21.8. The van der Waals surface area contributed by atoms with Gasteiger partial charge in [-0.15, -0.1) is 0 Å². The van der Waals surface area contributed by atoms with Crippen LogP contribution in [-0.4, -0.2) is 74.4 Å². The van der Waals surface area contributed by atoms with E-state index < -0.39 is 55.3 Å². The van der Waals surface area contributed by atoms with E-state index >= 15 is 0 Å². The molecule has 1 saturated heterocycles. The Morgan fingerprint density at radius 2 is 1.63 bits per heavy atom. The first-order valence-corrected chi connectivity index (χ1v) is 9.23. The second kappa shape index (κ2) is 9.33. The van der Waals surface area contributed by atoms with E-state index in [1.165, 1.54) is 12.1 Å². The molecule has 5 atom stereocenters. The van der Waals surface area contributed by atoms with E-state index in [9.17, 15) is 35.1 Å². The number of benzene rings is 2. The van der Waals surface area contributed by atoms with Crippen molar-refractivity contribution in [2.45, 2.75) is 37.1 Å². The van der Waals surface area contributed by atoms with Crippen LogP contribution in [0.5, 0.6) is 11.5 Å². The van der Waals surface area contributed by atoms with Crippen LogP contribution in [0.25, 0.3) is 0 Å². The topological polar surface area (TPSA) is 154 Å². The third-order valence-electron chi connectivity index (χ3n) is 4.79. The van der Waals surface area contributed by atoms with Gasteiger partial charge in [0.05, 0.1) is 18.6 Å². The summed E-state index contributed by atoms with van der Waals surface area (Å²) in [7, 11) is 0. The van der Waals surface area contributed by atoms with Crippen LogP contribution in [0, 0.1) is 0 Å². The zero-order valence-electron chi connectivity index (χ0n) is 15.8. The van der Waals surface area contributed by atoms with E-state index in [0.717, 1.165) is 6.07 Å². The number of phenolic OH excluding ortho intramolecular Hbond substituents is 1. The van der Waals surface area contributed by atoms with Crippen molar-refractivity contribution in [3.63, 3.8) is 0 Å². The molecule has 0 bridgehead atoms. The Hall–Kier alpha value is -2.82. The van der Waals surface area contributed by atoms with Crippen molar-refractivity contribution >= 4 is 11.6 Å². The van der Waals surface area contributed by atoms with Gasteiger partial charge in [-0.1, -0.05) is 30.3 Å². The average Bonchev–Trinajstić information content (AvgIpc) is 2.74. The van der Waals surface area contributed by atoms with Crippen LogP contribution in [0.2, 0.25) is 0 Å². The summed E-state index contributed by atoms with van der Waals surface area (Å²) in [4.78, 5) is 24.6. The van der Waals surface area contributed by atoms with E-state index in [2.05, 4.69) is 0 Å². The Morgan fingerprint density at radius 1 is 0.933 bits per heavy atom. The minimum Gasteiger partial charge on any atom is -0.507 e. The normalized spacial score (nSPS) is 26.2. The molecule has 0 amide bonds. The first-order chi connectivity index (χ1) is 14.3. The fourth-order valence-corrected chi connectivity index (χ4v) is 3.09. The van der Waals surface area contributed by atoms with Crippen molar-refractivity contribution in [3.8, 4) is 11.5 Å². The number of Topliss-reactive ketones (excluding diaryl/α,β-unsaturated/α-hetero) is 2. The maximum Gasteiger partial charge on any atom is 0.229 e. The predicted molar refractivity (Wildman–Crippen MR) is 102 cm³/mol. The van der Waals surface area contributed by atoms with Crippen LogP contribution in [0.1, 0.15) is 27.1 Å². The summed E-state index contributed by atoms with van der Waals surface area (Å²) in [6.07, 6.45) is -7.76. The van der Waals surface area contributed by atoms with Crippen molar-refractivity contribution in [2.75, 3.05) is 6.61 Å². The van der Waals surface area contributed by atoms with Gasteiger partial charge in [0, 0.05) is 11.6 Å². The van der Waals surface area contributed by atoms with E-state index in [1.54, 1.807) is 30.3 Å². The van der Waals surface area contributed by atoms with Gasteiger partial charge in [0.25, 0.3) is 0 Å². The molecule has 1 aliphatic heterocycles. The Kier molecular flexibility index (Phi) is 6.80. The number of carbonyl (C=O) groups is 2. The second-order valence-corrected chi connectivity index (χ2v) is 6.88. The molecule has 160 valence electrons. The van der Waals surface area contributed by atoms with E-state index in [1.807, 2.05) is 0 Å². The average molecular weight is 418 g/mol. The van der Waals surface area contributed by atoms with Crippen molar-refractivity contribution in [3.05, 3.63) is 59.7 Å². The van der Waals surface area contributed by atoms with Gasteiger partial charge in [-0.2, -0.15) is 0 Å². The molecule has 9 heteroatoms. The number of aliphatic hydroxyl groups is 4. The Morgan fingerprint density at radius 3 is 2.27 bits per heavy atom. The van der Waals surface area contributed by atoms with Crippen molar-refractivity contribution in [1.29, 1.82) is 0 Å². The molecule has 2 aromatic rings. The number of ether oxygens (including phenoxy) is 2. The highest BCUT2D eigenvalue weighted by atomic mass is 16.7. The molecule has 3 rings (SSSR count). The number of rotatable bonds is 7. The predicted octanol–water partition coefficient (Wildman–Crippen LogP) is 0.0266. The monoisotopic (exact) mass is 418 g/mol. The van der Waals surface area contributed by atoms with Gasteiger partial charge < -0.3 is 35.0 Å². The maximum atomic E-state index is 12.4. The summed E-state index contributed by atoms with van der Waals surface area (Å²) >= 11 is 0. The number of aromatic hydroxyl groups is 1. The van der Waals surface area contributed by atoms with Gasteiger partial charge in [0.2, 0.25) is 6.29 Å². The minimum absolute atomic E-state index is 0.00256. The van der Waals surface area contributed by atoms with Crippen LogP contribution in [0.15, 0.2) is 48.5 Å². The fraction of sp³-hybridized carbons (Fsp3) is 0.333. The quantitative estimate of drug-likeness (QED) is 0.309. The molecule has 1 fully saturated rings. The lowest BCUT2D eigenvalue weighted by Crippen LogP contribution is -2.60. The van der Waals surface area contributed by atoms with Crippen LogP contribution in [0.3, 0.4) is 0 Å². The molecule has 0 saturated carbocycles. The molecule has 2 aromatic carbocycles. The molecular weight excluding hydrogens is 396 g/mol. The first kappa shape index (κ1) is 21.9. The molecule has 0 spiro atoms. The molecule has 0 radical (unpaired) electrons. The Bertz CT molecular complexity index is 897. The van der Waals surface area contributed by atoms with Crippen molar-refractivity contribution < 1.29 is 44.6 Å². The van der Waals surface area contributed by atoms with Gasteiger partial charge in [0.1, 0.15) is 35.9 Å². The molecule has 5 N–H and O–H groups in total. The molecule has 0 unspecified atom stereocenters. The molecular formula is C21H22O9. The summed E-state index contributed by atoms with van der Waals surface area (Å²) < 4.78 is 10.6. The maximum absolute atomic E-state index is 12.4. The Labute approximate surface area is 171 Å². The zero-order valence-corrected chi connectivity index (χ0v) is 15.8. The molecule has 0 aliphatic carbocycles. The third-order valence-corrected chi connectivity index (χ3v) is 4.79. The van der Waals surface area contributed by atoms with E-state index in [0.29, 0.717) is 5.56 Å². The summed E-state index contributed by atoms with van der Waals surface area (Å²) in [5.74, 6) is -1.41. The van der Waals surface area contributed by atoms with Gasteiger partial charge in [-0.3, -0.25) is 9.59 Å². The van der Waals surface area contributed by atoms with E-state index in [-0.39, 0.29) is 17.1 Å². The smallest absolute Gasteiger partial charge is 0.229 e. The molecule has 0 aromatic heterocycles. The van der Waals surface area contributed by atoms with Crippen molar-refractivity contribution in [2.24, 2.45) is 0 Å². The third kappa shape index (κ3) is 4.66. The SMILES string of the molecule is O=C(CC(=O)c1ccc(O[C@@H]2O[C@H](CO)[C@@H](O)[C@H](O)[C@H]2O)cc1O)c1ccccc1. The number of hydrogen-bond donors (Lipinski definition) is 5. The van der Waals surface area contributed by atoms with Crippen LogP contribution in [0.4, 0.5) is 0 Å². The van der Waals surface area contributed by atoms with Crippen molar-refractivity contribution in [1.82, 2.24) is 0 Å². The highest BCUT2D eigenvalue weighted by Crippen LogP contribution is 2.29. The number of phenols is 1. The highest BCUT2D eigenvalue weighted by molar-refractivity contribution is 6.14. The standard InChI is InChI=1S/C21H22O9/c22-10-17-18(26)19(27)20(28)21(30-17)29-12-6-7-13(15(24)8-12)16(25)9-14(23)11-4-2-1-3-5-11/h1-8,17-22,24,26-28H,9-10H2/t17-,18-,19+,20-,21-/m1/s1. The van der Waals surface area contributed by atoms with Gasteiger partial charge in [-0.05, 0) is 12.1 Å². The fourth-order valence-electron chi connectivity index (χ4n) is 3.09. The van der Waals surface area contributed by atoms with Gasteiger partial charge in [0.15, 0.2) is 11.6 Å².